The highest BCUT2D eigenvalue weighted by atomic mass is 16.8. The van der Waals surface area contributed by atoms with Gasteiger partial charge in [-0.3, -0.25) is 4.79 Å². The van der Waals surface area contributed by atoms with Gasteiger partial charge in [0.05, 0.1) is 59.5 Å². The van der Waals surface area contributed by atoms with E-state index in [9.17, 15) is 148 Å². The molecule has 47 heteroatoms. The fourth-order valence-electron chi connectivity index (χ4n) is 13.1. The first-order valence-electron chi connectivity index (χ1n) is 32.7. The van der Waals surface area contributed by atoms with E-state index in [0.717, 1.165) is 6.92 Å². The third-order valence-electron chi connectivity index (χ3n) is 19.1. The Kier molecular flexibility index (Phi) is 30.2. The summed E-state index contributed by atoms with van der Waals surface area (Å²) in [6.07, 6.45) is -93.7. The first kappa shape index (κ1) is 84.7. The average Bonchev–Trinajstić information content (AvgIpc) is 0.770. The molecule has 103 heavy (non-hydrogen) atoms. The van der Waals surface area contributed by atoms with Gasteiger partial charge in [-0.1, -0.05) is 0 Å². The van der Waals surface area contributed by atoms with Crippen molar-refractivity contribution >= 4 is 5.91 Å². The molecule has 9 fully saturated rings. The highest BCUT2D eigenvalue weighted by Crippen LogP contribution is 2.40. The number of aliphatic hydroxyl groups excluding tert-OH is 28. The standard InChI is InChI=1S/C56H95NO46/c1-11(65)57-21-30(74)42(18(8-64)89-48(21)86)98-53-41(85)44(100-55-47(36(80)27(71)16(6-62)94-55)103-56-46(35(79)26(70)17(7-63)95-56)102-52-39(83)33(77)24(68)14(4-60)92-52)29(73)20(97-53)10-88-50-40(84)43(28(72)19(96-50)9-87-49-37(81)31(75)22(66)12(2-58)90-49)99-54-45(34(78)25(69)15(5-61)93-54)101-51-38(82)32(76)23(67)13(3-59)91-51/h12-56,58-64,66-86H,2-10H2,1H3,(H,57,65)/t12-,13-,14-,15-,16-,17-,18-,19-,20-,21-,22-,23-,24-,25-,26-,27-,28-,29-,30-,31+,32+,33+,34+,35+,36+,37+,38+,39+,40+,41+,42-,43+,44+,45+,46+,47+,48?,49+,50+,51-,52-,53-,54-,55-,56-/m1/s1. The molecule has 0 spiro atoms. The minimum Gasteiger partial charge on any atom is -0.394 e. The van der Waals surface area contributed by atoms with Crippen LogP contribution in [-0.2, 0) is 85.3 Å². The second-order valence-electron chi connectivity index (χ2n) is 26.0. The lowest BCUT2D eigenvalue weighted by molar-refractivity contribution is -0.408. The Morgan fingerprint density at radius 2 is 0.505 bits per heavy atom. The van der Waals surface area contributed by atoms with E-state index < -0.39 is 342 Å². The van der Waals surface area contributed by atoms with Crippen LogP contribution in [0.4, 0.5) is 0 Å². The smallest absolute Gasteiger partial charge is 0.217 e. The fraction of sp³-hybridized carbons (Fsp3) is 0.982. The molecule has 0 bridgehead atoms. The molecule has 0 aliphatic carbocycles. The number of nitrogens with one attached hydrogen (secondary N) is 1. The summed E-state index contributed by atoms with van der Waals surface area (Å²) in [7, 11) is 0. The van der Waals surface area contributed by atoms with Crippen LogP contribution < -0.4 is 5.32 Å². The predicted molar refractivity (Wildman–Crippen MR) is 309 cm³/mol. The van der Waals surface area contributed by atoms with Gasteiger partial charge in [0.1, 0.15) is 220 Å². The maximum atomic E-state index is 12.4. The molecule has 29 N–H and O–H groups in total. The van der Waals surface area contributed by atoms with Gasteiger partial charge in [-0.15, -0.1) is 0 Å². The largest absolute Gasteiger partial charge is 0.394 e. The van der Waals surface area contributed by atoms with Crippen molar-refractivity contribution in [1.29, 1.82) is 0 Å². The van der Waals surface area contributed by atoms with E-state index in [1.54, 1.807) is 0 Å². The van der Waals surface area contributed by atoms with Gasteiger partial charge >= 0.3 is 0 Å². The normalized spacial score (nSPS) is 52.4. The third-order valence-corrected chi connectivity index (χ3v) is 19.1. The first-order chi connectivity index (χ1) is 48.8. The van der Waals surface area contributed by atoms with Crippen LogP contribution in [-0.4, -0.2) is 485 Å². The summed E-state index contributed by atoms with van der Waals surface area (Å²) < 4.78 is 98.4. The molecule has 45 atom stereocenters. The van der Waals surface area contributed by atoms with E-state index in [-0.39, 0.29) is 0 Å². The Morgan fingerprint density at radius 3 is 0.854 bits per heavy atom. The Morgan fingerprint density at radius 1 is 0.252 bits per heavy atom. The minimum absolute atomic E-state index is 0.857. The maximum absolute atomic E-state index is 12.4. The quantitative estimate of drug-likeness (QED) is 0.0382. The lowest BCUT2D eigenvalue weighted by atomic mass is 9.94. The minimum atomic E-state index is -2.52. The third kappa shape index (κ3) is 18.0. The van der Waals surface area contributed by atoms with Crippen molar-refractivity contribution in [3.63, 3.8) is 0 Å². The summed E-state index contributed by atoms with van der Waals surface area (Å²) >= 11 is 0. The van der Waals surface area contributed by atoms with Gasteiger partial charge < -0.3 is 229 Å². The van der Waals surface area contributed by atoms with Crippen molar-refractivity contribution in [3.05, 3.63) is 0 Å². The Labute approximate surface area is 581 Å². The van der Waals surface area contributed by atoms with E-state index in [1.807, 2.05) is 0 Å². The zero-order valence-electron chi connectivity index (χ0n) is 54.2. The SMILES string of the molecule is CC(=O)N[C@H]1C(O)O[C@H](CO)[C@@H](O[C@H]2O[C@H](CO[C@H]3O[C@H](CO[C@H]4O[C@H](CO)[C@@H](O)[C@H](O)[C@@H]4O)[C@@H](O)[C@H](O[C@H]4O[C@H](CO)[C@@H](O)[C@H](O)[C@@H]4O[C@H]4O[C@H](CO)[C@@H](O)[C@H](O)[C@@H]4O)[C@@H]3O)[C@@H](O)[C@H](O[C@H]3O[C@H](CO)[C@@H](O)[C@H](O)[C@@H]3O[C@H]3O[C@H](CO)[C@@H](O)[C@H](O)[C@@H]3O[C@H]3O[C@H](CO)[C@@H](O)[C@H](O)[C@@H]3O)[C@@H]2O)[C@@H]1O. The molecule has 9 aliphatic heterocycles. The van der Waals surface area contributed by atoms with Crippen molar-refractivity contribution in [1.82, 2.24) is 5.32 Å². The molecule has 0 aromatic heterocycles. The molecule has 0 radical (unpaired) electrons. The van der Waals surface area contributed by atoms with Crippen LogP contribution in [0.3, 0.4) is 0 Å². The number of carbonyl (C=O) groups excluding carboxylic acids is 1. The van der Waals surface area contributed by atoms with E-state index in [2.05, 4.69) is 5.32 Å². The predicted octanol–water partition coefficient (Wildman–Crippen LogP) is -20.5. The van der Waals surface area contributed by atoms with Crippen molar-refractivity contribution < 1.29 is 228 Å². The summed E-state index contributed by atoms with van der Waals surface area (Å²) in [5, 5.41) is 309. The summed E-state index contributed by atoms with van der Waals surface area (Å²) in [5.74, 6) is -0.857. The van der Waals surface area contributed by atoms with Gasteiger partial charge in [-0.05, 0) is 0 Å². The Balaban J connectivity index is 1.05. The molecule has 0 saturated carbocycles. The molecular weight excluding hydrogens is 1420 g/mol. The summed E-state index contributed by atoms with van der Waals surface area (Å²) in [6.45, 7) is -8.75. The fourth-order valence-corrected chi connectivity index (χ4v) is 13.1. The van der Waals surface area contributed by atoms with Crippen molar-refractivity contribution in [2.24, 2.45) is 0 Å². The van der Waals surface area contributed by atoms with Gasteiger partial charge in [-0.25, -0.2) is 0 Å². The number of ether oxygens (including phenoxy) is 17. The first-order valence-corrected chi connectivity index (χ1v) is 32.7. The molecule has 1 unspecified atom stereocenters. The van der Waals surface area contributed by atoms with Crippen LogP contribution in [0.1, 0.15) is 6.92 Å². The van der Waals surface area contributed by atoms with Crippen molar-refractivity contribution in [3.8, 4) is 0 Å². The molecule has 600 valence electrons. The summed E-state index contributed by atoms with van der Waals surface area (Å²) in [4.78, 5) is 12.3. The lowest BCUT2D eigenvalue weighted by Crippen LogP contribution is -2.69. The van der Waals surface area contributed by atoms with E-state index in [4.69, 9.17) is 80.5 Å². The lowest BCUT2D eigenvalue weighted by Gasteiger charge is -2.50. The molecule has 9 rings (SSSR count). The molecule has 9 heterocycles. The average molecular weight is 1520 g/mol. The number of carbonyl (C=O) groups is 1. The zero-order valence-corrected chi connectivity index (χ0v) is 54.2. The van der Waals surface area contributed by atoms with Gasteiger partial charge in [0.15, 0.2) is 56.6 Å². The molecule has 0 aromatic rings. The highest BCUT2D eigenvalue weighted by molar-refractivity contribution is 5.73. The number of hydrogen-bond donors (Lipinski definition) is 29. The molecule has 47 nitrogen and oxygen atoms in total. The number of amides is 1. The molecular formula is C56H95NO46. The van der Waals surface area contributed by atoms with Crippen molar-refractivity contribution in [2.75, 3.05) is 59.5 Å². The molecule has 9 aliphatic rings. The van der Waals surface area contributed by atoms with Gasteiger partial charge in [0.25, 0.3) is 0 Å². The van der Waals surface area contributed by atoms with E-state index in [1.165, 1.54) is 0 Å². The molecule has 9 saturated heterocycles. The maximum Gasteiger partial charge on any atom is 0.217 e. The van der Waals surface area contributed by atoms with Crippen molar-refractivity contribution in [2.45, 2.75) is 283 Å². The second-order valence-corrected chi connectivity index (χ2v) is 26.0. The summed E-state index contributed by atoms with van der Waals surface area (Å²) in [5.41, 5.74) is 0. The monoisotopic (exact) mass is 1520 g/mol. The van der Waals surface area contributed by atoms with Crippen LogP contribution >= 0.6 is 0 Å². The van der Waals surface area contributed by atoms with Crippen LogP contribution in [0.15, 0.2) is 0 Å². The Bertz CT molecular complexity index is 2580. The van der Waals surface area contributed by atoms with E-state index in [0.29, 0.717) is 0 Å². The van der Waals surface area contributed by atoms with Gasteiger partial charge in [0.2, 0.25) is 5.91 Å². The topological polar surface area (TPSA) is 752 Å². The molecule has 0 aromatic carbocycles. The summed E-state index contributed by atoms with van der Waals surface area (Å²) in [6, 6.07) is -1.77. The number of rotatable bonds is 26. The van der Waals surface area contributed by atoms with Crippen LogP contribution in [0, 0.1) is 0 Å². The van der Waals surface area contributed by atoms with Gasteiger partial charge in [-0.2, -0.15) is 0 Å². The van der Waals surface area contributed by atoms with Crippen LogP contribution in [0.5, 0.6) is 0 Å². The van der Waals surface area contributed by atoms with E-state index >= 15 is 0 Å². The zero-order chi connectivity index (χ0) is 75.6. The number of aliphatic hydroxyl groups is 28. The molecule has 1 amide bonds. The van der Waals surface area contributed by atoms with Crippen LogP contribution in [0.25, 0.3) is 0 Å². The Hall–Kier alpha value is -2.33. The van der Waals surface area contributed by atoms with Gasteiger partial charge in [0, 0.05) is 6.92 Å². The highest BCUT2D eigenvalue weighted by Gasteiger charge is 2.60. The second kappa shape index (κ2) is 36.7. The van der Waals surface area contributed by atoms with Crippen LogP contribution in [0.2, 0.25) is 0 Å². The number of hydrogen-bond acceptors (Lipinski definition) is 46.